The van der Waals surface area contributed by atoms with Gasteiger partial charge in [0, 0.05) is 5.88 Å². The van der Waals surface area contributed by atoms with E-state index in [9.17, 15) is 0 Å². The van der Waals surface area contributed by atoms with Crippen LogP contribution in [0.4, 0.5) is 0 Å². The molecular formula is C10H10ClNOS. The molecule has 0 aliphatic rings. The molecule has 1 heterocycles. The van der Waals surface area contributed by atoms with Gasteiger partial charge in [-0.2, -0.15) is 0 Å². The van der Waals surface area contributed by atoms with Gasteiger partial charge in [-0.25, -0.2) is 4.98 Å². The SMILES string of the molecule is ClCCCOc1nc2ccccc2s1. The number of hydrogen-bond acceptors (Lipinski definition) is 3. The number of nitrogens with zero attached hydrogens (tertiary/aromatic N) is 1. The van der Waals surface area contributed by atoms with Crippen molar-refractivity contribution in [3.05, 3.63) is 24.3 Å². The Morgan fingerprint density at radius 1 is 1.36 bits per heavy atom. The standard InChI is InChI=1S/C10H10ClNOS/c11-6-3-7-13-10-12-8-4-1-2-5-9(8)14-10/h1-2,4-5H,3,6-7H2. The molecule has 0 atom stereocenters. The number of rotatable bonds is 4. The monoisotopic (exact) mass is 227 g/mol. The van der Waals surface area contributed by atoms with E-state index in [1.807, 2.05) is 24.3 Å². The van der Waals surface area contributed by atoms with E-state index in [1.54, 1.807) is 11.3 Å². The predicted molar refractivity (Wildman–Crippen MR) is 60.5 cm³/mol. The molecule has 0 aliphatic heterocycles. The van der Waals surface area contributed by atoms with Crippen LogP contribution in [0.15, 0.2) is 24.3 Å². The lowest BCUT2D eigenvalue weighted by Crippen LogP contribution is -1.96. The third-order valence-electron chi connectivity index (χ3n) is 1.78. The normalized spacial score (nSPS) is 10.6. The highest BCUT2D eigenvalue weighted by atomic mass is 35.5. The second-order valence-corrected chi connectivity index (χ2v) is 4.21. The van der Waals surface area contributed by atoms with Gasteiger partial charge in [-0.15, -0.1) is 11.6 Å². The number of para-hydroxylation sites is 1. The maximum absolute atomic E-state index is 5.55. The van der Waals surface area contributed by atoms with E-state index in [2.05, 4.69) is 4.98 Å². The molecule has 14 heavy (non-hydrogen) atoms. The van der Waals surface area contributed by atoms with Crippen LogP contribution < -0.4 is 4.74 Å². The van der Waals surface area contributed by atoms with Gasteiger partial charge in [-0.1, -0.05) is 23.5 Å². The van der Waals surface area contributed by atoms with Gasteiger partial charge in [0.2, 0.25) is 0 Å². The summed E-state index contributed by atoms with van der Waals surface area (Å²) in [4.78, 5) is 4.34. The van der Waals surface area contributed by atoms with Crippen molar-refractivity contribution in [2.45, 2.75) is 6.42 Å². The quantitative estimate of drug-likeness (QED) is 0.591. The van der Waals surface area contributed by atoms with Crippen LogP contribution in [-0.4, -0.2) is 17.5 Å². The second kappa shape index (κ2) is 4.62. The zero-order valence-electron chi connectivity index (χ0n) is 7.57. The Labute approximate surface area is 91.5 Å². The van der Waals surface area contributed by atoms with Gasteiger partial charge in [0.15, 0.2) is 0 Å². The summed E-state index contributed by atoms with van der Waals surface area (Å²) in [5.74, 6) is 0.630. The minimum Gasteiger partial charge on any atom is -0.470 e. The molecule has 2 aromatic rings. The molecule has 0 N–H and O–H groups in total. The van der Waals surface area contributed by atoms with Crippen LogP contribution in [0.25, 0.3) is 10.2 Å². The average Bonchev–Trinajstić information content (AvgIpc) is 2.60. The fourth-order valence-electron chi connectivity index (χ4n) is 1.13. The molecule has 1 aromatic heterocycles. The smallest absolute Gasteiger partial charge is 0.274 e. The Morgan fingerprint density at radius 2 is 2.21 bits per heavy atom. The molecule has 0 bridgehead atoms. The first-order valence-corrected chi connectivity index (χ1v) is 5.79. The lowest BCUT2D eigenvalue weighted by Gasteiger charge is -1.97. The fraction of sp³-hybridized carbons (Fsp3) is 0.300. The van der Waals surface area contributed by atoms with Crippen molar-refractivity contribution >= 4 is 33.2 Å². The van der Waals surface area contributed by atoms with Crippen molar-refractivity contribution < 1.29 is 4.74 Å². The molecule has 0 amide bonds. The zero-order chi connectivity index (χ0) is 9.80. The number of alkyl halides is 1. The van der Waals surface area contributed by atoms with Gasteiger partial charge >= 0.3 is 0 Å². The molecule has 2 rings (SSSR count). The number of ether oxygens (including phenoxy) is 1. The highest BCUT2D eigenvalue weighted by Crippen LogP contribution is 2.27. The summed E-state index contributed by atoms with van der Waals surface area (Å²) in [6.07, 6.45) is 0.859. The van der Waals surface area contributed by atoms with Gasteiger partial charge in [0.05, 0.1) is 16.8 Å². The molecule has 0 fully saturated rings. The van der Waals surface area contributed by atoms with E-state index in [0.717, 1.165) is 21.8 Å². The van der Waals surface area contributed by atoms with Gasteiger partial charge in [-0.3, -0.25) is 0 Å². The summed E-state index contributed by atoms with van der Waals surface area (Å²) in [5.41, 5.74) is 0.998. The zero-order valence-corrected chi connectivity index (χ0v) is 9.14. The van der Waals surface area contributed by atoms with Gasteiger partial charge < -0.3 is 4.74 Å². The fourth-order valence-corrected chi connectivity index (χ4v) is 2.08. The molecule has 2 nitrogen and oxygen atoms in total. The van der Waals surface area contributed by atoms with Crippen LogP contribution in [0.2, 0.25) is 0 Å². The third-order valence-corrected chi connectivity index (χ3v) is 2.99. The Morgan fingerprint density at radius 3 is 3.00 bits per heavy atom. The molecule has 1 aromatic carbocycles. The van der Waals surface area contributed by atoms with Crippen LogP contribution in [0.5, 0.6) is 5.19 Å². The van der Waals surface area contributed by atoms with E-state index >= 15 is 0 Å². The Bertz CT molecular complexity index is 382. The molecule has 74 valence electrons. The van der Waals surface area contributed by atoms with E-state index in [4.69, 9.17) is 16.3 Å². The summed E-state index contributed by atoms with van der Waals surface area (Å²) in [6.45, 7) is 0.642. The number of hydrogen-bond donors (Lipinski definition) is 0. The molecule has 0 radical (unpaired) electrons. The van der Waals surface area contributed by atoms with Gasteiger partial charge in [0.1, 0.15) is 0 Å². The minimum absolute atomic E-state index is 0.630. The lowest BCUT2D eigenvalue weighted by molar-refractivity contribution is 0.317. The summed E-state index contributed by atoms with van der Waals surface area (Å²) in [6, 6.07) is 8.01. The topological polar surface area (TPSA) is 22.1 Å². The molecule has 0 saturated heterocycles. The first-order valence-electron chi connectivity index (χ1n) is 4.44. The summed E-state index contributed by atoms with van der Waals surface area (Å²) in [7, 11) is 0. The van der Waals surface area contributed by atoms with Crippen molar-refractivity contribution in [1.29, 1.82) is 0 Å². The Balaban J connectivity index is 2.11. The maximum atomic E-state index is 5.55. The van der Waals surface area contributed by atoms with E-state index in [1.165, 1.54) is 0 Å². The maximum Gasteiger partial charge on any atom is 0.274 e. The van der Waals surface area contributed by atoms with Crippen molar-refractivity contribution in [3.8, 4) is 5.19 Å². The Hall–Kier alpha value is -0.800. The van der Waals surface area contributed by atoms with Gasteiger partial charge in [-0.05, 0) is 18.6 Å². The van der Waals surface area contributed by atoms with Crippen molar-refractivity contribution in [2.75, 3.05) is 12.5 Å². The van der Waals surface area contributed by atoms with Crippen molar-refractivity contribution in [1.82, 2.24) is 4.98 Å². The number of thiazole rings is 1. The Kier molecular flexibility index (Phi) is 3.22. The first-order chi connectivity index (χ1) is 6.90. The summed E-state index contributed by atoms with van der Waals surface area (Å²) in [5, 5.41) is 0.733. The predicted octanol–water partition coefficient (Wildman–Crippen LogP) is 3.30. The van der Waals surface area contributed by atoms with E-state index in [0.29, 0.717) is 12.5 Å². The summed E-state index contributed by atoms with van der Waals surface area (Å²) < 4.78 is 6.61. The van der Waals surface area contributed by atoms with E-state index < -0.39 is 0 Å². The molecule has 4 heteroatoms. The third kappa shape index (κ3) is 2.16. The second-order valence-electron chi connectivity index (χ2n) is 2.84. The number of benzene rings is 1. The number of aromatic nitrogens is 1. The first kappa shape index (κ1) is 9.74. The van der Waals surface area contributed by atoms with Crippen molar-refractivity contribution in [3.63, 3.8) is 0 Å². The van der Waals surface area contributed by atoms with E-state index in [-0.39, 0.29) is 0 Å². The van der Waals surface area contributed by atoms with Crippen LogP contribution in [-0.2, 0) is 0 Å². The van der Waals surface area contributed by atoms with Crippen LogP contribution in [0.1, 0.15) is 6.42 Å². The van der Waals surface area contributed by atoms with Crippen LogP contribution in [0, 0.1) is 0 Å². The molecular weight excluding hydrogens is 218 g/mol. The molecule has 0 aliphatic carbocycles. The van der Waals surface area contributed by atoms with Crippen LogP contribution in [0.3, 0.4) is 0 Å². The average molecular weight is 228 g/mol. The number of fused-ring (bicyclic) bond motifs is 1. The van der Waals surface area contributed by atoms with Crippen molar-refractivity contribution in [2.24, 2.45) is 0 Å². The highest BCUT2D eigenvalue weighted by molar-refractivity contribution is 7.20. The van der Waals surface area contributed by atoms with Crippen LogP contribution >= 0.6 is 22.9 Å². The minimum atomic E-state index is 0.630. The number of halogens is 1. The molecule has 0 spiro atoms. The summed E-state index contributed by atoms with van der Waals surface area (Å²) >= 11 is 7.12. The highest BCUT2D eigenvalue weighted by Gasteiger charge is 2.02. The van der Waals surface area contributed by atoms with Gasteiger partial charge in [0.25, 0.3) is 5.19 Å². The lowest BCUT2D eigenvalue weighted by atomic mass is 10.3. The molecule has 0 unspecified atom stereocenters. The largest absolute Gasteiger partial charge is 0.470 e. The molecule has 0 saturated carbocycles.